The smallest absolute Gasteiger partial charge is 0.0864 e. The van der Waals surface area contributed by atoms with Crippen molar-refractivity contribution in [3.8, 4) is 0 Å². The molecule has 1 heterocycles. The molecule has 0 saturated carbocycles. The van der Waals surface area contributed by atoms with Crippen LogP contribution in [0, 0.1) is 0 Å². The van der Waals surface area contributed by atoms with Gasteiger partial charge in [-0.25, -0.2) is 0 Å². The summed E-state index contributed by atoms with van der Waals surface area (Å²) in [6.45, 7) is 0.622. The lowest BCUT2D eigenvalue weighted by Gasteiger charge is -1.98. The second kappa shape index (κ2) is 3.93. The quantitative estimate of drug-likeness (QED) is 0.867. The van der Waals surface area contributed by atoms with E-state index in [0.717, 1.165) is 32.5 Å². The molecule has 0 aliphatic carbocycles. The first-order valence-electron chi connectivity index (χ1n) is 4.38. The molecule has 1 aromatic carbocycles. The molecule has 2 nitrogen and oxygen atoms in total. The summed E-state index contributed by atoms with van der Waals surface area (Å²) in [6, 6.07) is 5.83. The Balaban J connectivity index is 2.73. The Morgan fingerprint density at radius 1 is 1.43 bits per heavy atom. The van der Waals surface area contributed by atoms with Gasteiger partial charge in [0.2, 0.25) is 0 Å². The van der Waals surface area contributed by atoms with Gasteiger partial charge in [-0.3, -0.25) is 0 Å². The van der Waals surface area contributed by atoms with Crippen molar-refractivity contribution < 1.29 is 0 Å². The number of benzene rings is 1. The van der Waals surface area contributed by atoms with Gasteiger partial charge in [0, 0.05) is 10.9 Å². The van der Waals surface area contributed by atoms with Crippen LogP contribution in [0.15, 0.2) is 22.8 Å². The summed E-state index contributed by atoms with van der Waals surface area (Å²) in [4.78, 5) is 3.23. The van der Waals surface area contributed by atoms with Crippen LogP contribution >= 0.6 is 27.5 Å². The minimum absolute atomic E-state index is 0.622. The molecule has 0 amide bonds. The number of hydrogen-bond acceptors (Lipinski definition) is 1. The molecule has 3 N–H and O–H groups in total. The maximum Gasteiger partial charge on any atom is 0.0864 e. The number of halogens is 2. The summed E-state index contributed by atoms with van der Waals surface area (Å²) in [7, 11) is 0. The molecule has 0 saturated heterocycles. The SMILES string of the molecule is NCCc1c(Br)[nH]c2cccc(Cl)c12. The van der Waals surface area contributed by atoms with Crippen LogP contribution in [0.25, 0.3) is 10.9 Å². The summed E-state index contributed by atoms with van der Waals surface area (Å²) in [6.07, 6.45) is 0.824. The van der Waals surface area contributed by atoms with Crippen LogP contribution in [0.4, 0.5) is 0 Å². The van der Waals surface area contributed by atoms with Gasteiger partial charge in [-0.15, -0.1) is 0 Å². The van der Waals surface area contributed by atoms with E-state index in [2.05, 4.69) is 20.9 Å². The summed E-state index contributed by atoms with van der Waals surface area (Å²) < 4.78 is 0.978. The molecular formula is C10H10BrClN2. The Morgan fingerprint density at radius 3 is 2.93 bits per heavy atom. The van der Waals surface area contributed by atoms with Crippen LogP contribution in [-0.2, 0) is 6.42 Å². The fourth-order valence-electron chi connectivity index (χ4n) is 1.62. The lowest BCUT2D eigenvalue weighted by atomic mass is 10.1. The van der Waals surface area contributed by atoms with Gasteiger partial charge in [-0.1, -0.05) is 17.7 Å². The average molecular weight is 274 g/mol. The molecule has 0 aliphatic rings. The highest BCUT2D eigenvalue weighted by atomic mass is 79.9. The molecule has 4 heteroatoms. The molecular weight excluding hydrogens is 263 g/mol. The van der Waals surface area contributed by atoms with Crippen molar-refractivity contribution in [1.82, 2.24) is 4.98 Å². The standard InChI is InChI=1S/C10H10BrClN2/c11-10-6(4-5-13)9-7(12)2-1-3-8(9)14-10/h1-3,14H,4-5,13H2. The summed E-state index contributed by atoms with van der Waals surface area (Å²) >= 11 is 9.60. The number of nitrogens with two attached hydrogens (primary N) is 1. The lowest BCUT2D eigenvalue weighted by molar-refractivity contribution is 0.970. The third-order valence-corrected chi connectivity index (χ3v) is 3.21. The molecule has 0 aliphatic heterocycles. The summed E-state index contributed by atoms with van der Waals surface area (Å²) in [5, 5.41) is 1.85. The summed E-state index contributed by atoms with van der Waals surface area (Å²) in [5.41, 5.74) is 7.76. The van der Waals surface area contributed by atoms with Gasteiger partial charge >= 0.3 is 0 Å². The molecule has 0 fully saturated rings. The topological polar surface area (TPSA) is 41.8 Å². The van der Waals surface area contributed by atoms with E-state index in [1.165, 1.54) is 0 Å². The average Bonchev–Trinajstić information content (AvgIpc) is 2.45. The van der Waals surface area contributed by atoms with Crippen molar-refractivity contribution in [2.24, 2.45) is 5.73 Å². The van der Waals surface area contributed by atoms with E-state index < -0.39 is 0 Å². The number of aromatic amines is 1. The summed E-state index contributed by atoms with van der Waals surface area (Å²) in [5.74, 6) is 0. The molecule has 0 atom stereocenters. The van der Waals surface area contributed by atoms with Crippen molar-refractivity contribution in [3.05, 3.63) is 33.4 Å². The van der Waals surface area contributed by atoms with Gasteiger partial charge in [0.15, 0.2) is 0 Å². The minimum Gasteiger partial charge on any atom is -0.349 e. The number of nitrogens with one attached hydrogen (secondary N) is 1. The van der Waals surface area contributed by atoms with Crippen LogP contribution in [0.5, 0.6) is 0 Å². The zero-order valence-corrected chi connectivity index (χ0v) is 9.82. The highest BCUT2D eigenvalue weighted by molar-refractivity contribution is 9.10. The molecule has 2 rings (SSSR count). The monoisotopic (exact) mass is 272 g/mol. The number of rotatable bonds is 2. The normalized spacial score (nSPS) is 11.1. The Labute approximate surface area is 95.6 Å². The van der Waals surface area contributed by atoms with Crippen molar-refractivity contribution in [1.29, 1.82) is 0 Å². The number of H-pyrrole nitrogens is 1. The second-order valence-corrected chi connectivity index (χ2v) is 4.32. The largest absolute Gasteiger partial charge is 0.349 e. The third kappa shape index (κ3) is 1.56. The predicted molar refractivity (Wildman–Crippen MR) is 63.8 cm³/mol. The zero-order chi connectivity index (χ0) is 10.1. The van der Waals surface area contributed by atoms with Gasteiger partial charge in [-0.05, 0) is 46.6 Å². The lowest BCUT2D eigenvalue weighted by Crippen LogP contribution is -2.02. The second-order valence-electron chi connectivity index (χ2n) is 3.12. The van der Waals surface area contributed by atoms with E-state index in [1.807, 2.05) is 18.2 Å². The maximum atomic E-state index is 6.13. The van der Waals surface area contributed by atoms with Crippen molar-refractivity contribution >= 4 is 38.4 Å². The molecule has 14 heavy (non-hydrogen) atoms. The Hall–Kier alpha value is -0.510. The van der Waals surface area contributed by atoms with E-state index >= 15 is 0 Å². The Kier molecular flexibility index (Phi) is 2.81. The molecule has 0 radical (unpaired) electrons. The van der Waals surface area contributed by atoms with Crippen LogP contribution in [0.2, 0.25) is 5.02 Å². The molecule has 2 aromatic rings. The number of aromatic nitrogens is 1. The van der Waals surface area contributed by atoms with Gasteiger partial charge in [0.25, 0.3) is 0 Å². The van der Waals surface area contributed by atoms with Crippen LogP contribution in [0.1, 0.15) is 5.56 Å². The molecule has 0 bridgehead atoms. The van der Waals surface area contributed by atoms with E-state index in [4.69, 9.17) is 17.3 Å². The fraction of sp³-hybridized carbons (Fsp3) is 0.200. The van der Waals surface area contributed by atoms with E-state index in [0.29, 0.717) is 6.54 Å². The zero-order valence-electron chi connectivity index (χ0n) is 7.48. The maximum absolute atomic E-state index is 6.13. The Morgan fingerprint density at radius 2 is 2.21 bits per heavy atom. The minimum atomic E-state index is 0.622. The van der Waals surface area contributed by atoms with Crippen LogP contribution < -0.4 is 5.73 Å². The van der Waals surface area contributed by atoms with Gasteiger partial charge in [-0.2, -0.15) is 0 Å². The van der Waals surface area contributed by atoms with Crippen molar-refractivity contribution in [2.75, 3.05) is 6.54 Å². The van der Waals surface area contributed by atoms with Crippen molar-refractivity contribution in [3.63, 3.8) is 0 Å². The molecule has 0 spiro atoms. The van der Waals surface area contributed by atoms with Crippen LogP contribution in [0.3, 0.4) is 0 Å². The number of hydrogen-bond donors (Lipinski definition) is 2. The molecule has 1 aromatic heterocycles. The molecule has 74 valence electrons. The van der Waals surface area contributed by atoms with E-state index in [9.17, 15) is 0 Å². The third-order valence-electron chi connectivity index (χ3n) is 2.22. The first-order chi connectivity index (χ1) is 6.74. The van der Waals surface area contributed by atoms with E-state index in [-0.39, 0.29) is 0 Å². The highest BCUT2D eigenvalue weighted by Crippen LogP contribution is 2.31. The highest BCUT2D eigenvalue weighted by Gasteiger charge is 2.10. The number of fused-ring (bicyclic) bond motifs is 1. The van der Waals surface area contributed by atoms with E-state index in [1.54, 1.807) is 0 Å². The first-order valence-corrected chi connectivity index (χ1v) is 5.55. The van der Waals surface area contributed by atoms with Gasteiger partial charge in [0.1, 0.15) is 0 Å². The van der Waals surface area contributed by atoms with Crippen molar-refractivity contribution in [2.45, 2.75) is 6.42 Å². The van der Waals surface area contributed by atoms with Gasteiger partial charge < -0.3 is 10.7 Å². The fourth-order valence-corrected chi connectivity index (χ4v) is 2.52. The predicted octanol–water partition coefficient (Wildman–Crippen LogP) is 3.09. The molecule has 0 unspecified atom stereocenters. The van der Waals surface area contributed by atoms with Crippen LogP contribution in [-0.4, -0.2) is 11.5 Å². The Bertz CT molecular complexity index is 464. The first kappa shape index (κ1) is 10.0. The van der Waals surface area contributed by atoms with Gasteiger partial charge in [0.05, 0.1) is 9.63 Å².